The van der Waals surface area contributed by atoms with Gasteiger partial charge in [-0.2, -0.15) is 0 Å². The van der Waals surface area contributed by atoms with Gasteiger partial charge in [0.25, 0.3) is 0 Å². The number of nitrogens with zero attached hydrogens (tertiary/aromatic N) is 6. The Bertz CT molecular complexity index is 2960. The zero-order valence-electron chi connectivity index (χ0n) is 98.5. The molecule has 33 nitrogen and oxygen atoms in total. The van der Waals surface area contributed by atoms with Crippen molar-refractivity contribution >= 4 is 129 Å². The Balaban J connectivity index is -0.000000378. The Morgan fingerprint density at radius 1 is 0.190 bits per heavy atom. The van der Waals surface area contributed by atoms with E-state index < -0.39 is 93.7 Å². The molecule has 0 saturated carbocycles. The van der Waals surface area contributed by atoms with Gasteiger partial charge in [0.2, 0.25) is 0 Å². The highest BCUT2D eigenvalue weighted by molar-refractivity contribution is 6.90. The van der Waals surface area contributed by atoms with Gasteiger partial charge >= 0.3 is 52.1 Å². The molecule has 822 valence electrons. The van der Waals surface area contributed by atoms with E-state index in [9.17, 15) is 0 Å². The highest BCUT2D eigenvalue weighted by Crippen LogP contribution is 2.31. The molecule has 0 aliphatic carbocycles. The Morgan fingerprint density at radius 3 is 0.511 bits per heavy atom. The third-order valence-corrected chi connectivity index (χ3v) is 50.9. The van der Waals surface area contributed by atoms with E-state index in [0.29, 0.717) is 98.9 Å². The van der Waals surface area contributed by atoms with Gasteiger partial charge in [-0.15, -0.1) is 0 Å². The van der Waals surface area contributed by atoms with Crippen LogP contribution < -0.4 is 63.8 Å². The summed E-state index contributed by atoms with van der Waals surface area (Å²) in [5.41, 5.74) is 0. The van der Waals surface area contributed by atoms with Crippen molar-refractivity contribution in [1.29, 1.82) is 0 Å². The van der Waals surface area contributed by atoms with Gasteiger partial charge in [0.1, 0.15) is 0 Å². The summed E-state index contributed by atoms with van der Waals surface area (Å²) in [5, 5.41) is 40.2. The molecule has 0 aliphatic rings. The number of hydrogen-bond acceptors (Lipinski definition) is 21. The fraction of sp³-hybridized carbons (Fsp3) is 0.935. The summed E-state index contributed by atoms with van der Waals surface area (Å²) >= 11 is 0. The van der Waals surface area contributed by atoms with Crippen molar-refractivity contribution in [3.8, 4) is 0 Å². The van der Waals surface area contributed by atoms with Crippen LogP contribution in [0.5, 0.6) is 0 Å². The quantitative estimate of drug-likeness (QED) is 0.0116. The largest absolute Gasteiger partial charge is 0.500 e. The molecule has 0 bridgehead atoms. The van der Waals surface area contributed by atoms with Crippen molar-refractivity contribution in [2.45, 2.75) is 466 Å². The van der Waals surface area contributed by atoms with E-state index >= 15 is 0 Å². The minimum Gasteiger partial charge on any atom is -0.437 e. The smallest absolute Gasteiger partial charge is 0.437 e. The summed E-state index contributed by atoms with van der Waals surface area (Å²) < 4.78 is 89.7. The van der Waals surface area contributed by atoms with Crippen molar-refractivity contribution in [3.05, 3.63) is 0 Å². The van der Waals surface area contributed by atoms with E-state index in [4.69, 9.17) is 74.8 Å². The van der Waals surface area contributed by atoms with E-state index in [1.165, 1.54) is 0 Å². The fourth-order valence-electron chi connectivity index (χ4n) is 13.0. The van der Waals surface area contributed by atoms with Crippen molar-refractivity contribution < 1.29 is 64.8 Å². The van der Waals surface area contributed by atoms with Crippen LogP contribution >= 0.6 is 0 Å². The molecular formula is C93H226N18O15Si11. The normalized spacial score (nSPS) is 12.5. The minimum atomic E-state index is -2.76. The van der Waals surface area contributed by atoms with Crippen LogP contribution in [-0.2, 0) is 64.8 Å². The lowest BCUT2D eigenvalue weighted by molar-refractivity contribution is 0.0709. The van der Waals surface area contributed by atoms with Crippen molar-refractivity contribution in [1.82, 2.24) is 63.8 Å². The zero-order valence-corrected chi connectivity index (χ0v) is 109. The van der Waals surface area contributed by atoms with Crippen LogP contribution in [0.25, 0.3) is 0 Å². The first kappa shape index (κ1) is 145. The second-order valence-electron chi connectivity index (χ2n) is 43.3. The Morgan fingerprint density at radius 2 is 0.350 bits per heavy atom. The zero-order chi connectivity index (χ0) is 107. The maximum atomic E-state index is 6.74. The number of nitrogens with one attached hydrogen (secondary N) is 12. The standard InChI is InChI=1S/C19H49N3O3Si4.C17H43N3O2Si3.C16H37N3O3Si.C15H35N3O2Si.C13H31N3O3Si.C13H31N3O2Si/c1-17(2)21-19(22-18(3)4)20-15-14-16-29(23-26(5,6)7,24-27(8,9)10)25-28(11,12)13;1-15(2)19-17(20-16(3)4)18-13-12-14-25(11,21-23(5,6)7)22-24(8,9)10;1-8-20-23(21-9-2,22-10-3)13-11-12-17-16(18-14(4)5)19-15(6)7;1-8-19-21(7,20-9-2)12-10-11-16-15(17-13(3)4)18-14(5)6;1-11(2)15-13(16-12(3)4)14-9-8-10-20(17-5,18-6)19-7;1-11(2)15-13(16-12(3)4)14-9-8-10-19(7,17-5)18-6/h17-18H,14-16H2,1-13H3,(H2,20,21,22);15-16H,12-14H2,1-11H3,(H2,18,19,20);14-15H,8-13H2,1-7H3,(H2,17,18,19);13-14H,8-12H2,1-7H3,(H2,16,17,18);11-12H,8-10H2,1-7H3,(H2,14,15,16);11-12H,8-10H2,1-7H3,(H2,14,15,16). The maximum absolute atomic E-state index is 6.74. The van der Waals surface area contributed by atoms with Gasteiger partial charge in [-0.1, -0.05) is 0 Å². The SMILES string of the molecule is CC(C)NC(=NCCC[Si](C)(O[Si](C)(C)C)O[Si](C)(C)C)NC(C)C.CC(C)NC(=NCCC[Si](O[Si](C)(C)C)(O[Si](C)(C)C)O[Si](C)(C)C)NC(C)C.CCO[Si](C)(CCCN=C(NC(C)C)NC(C)C)OCC.CCO[Si](CCCN=C(NC(C)C)NC(C)C)(OCC)OCC.CO[Si](C)(CCCN=C(NC(C)C)NC(C)C)OC.CO[Si](CCCN=C(NC(C)C)NC(C)C)(OC)OC. The molecule has 0 spiro atoms. The first-order chi connectivity index (χ1) is 62.9. The molecule has 0 heterocycles. The average Bonchev–Trinajstić information content (AvgIpc) is 0.800. The Labute approximate surface area is 856 Å². The first-order valence-corrected chi connectivity index (χ1v) is 82.2. The van der Waals surface area contributed by atoms with Crippen LogP contribution in [-0.4, -0.2) is 310 Å². The molecule has 44 heteroatoms. The fourth-order valence-corrected chi connectivity index (χ4v) is 48.2. The summed E-state index contributed by atoms with van der Waals surface area (Å²) in [6.07, 6.45) is 5.62. The molecule has 0 saturated heterocycles. The van der Waals surface area contributed by atoms with E-state index in [0.717, 1.165) is 156 Å². The van der Waals surface area contributed by atoms with Crippen molar-refractivity contribution in [2.75, 3.05) is 108 Å². The summed E-state index contributed by atoms with van der Waals surface area (Å²) in [6, 6.07) is 9.66. The van der Waals surface area contributed by atoms with E-state index in [-0.39, 0.29) is 0 Å². The number of hydrogen-bond donors (Lipinski definition) is 12. The Hall–Kier alpha value is -2.59. The topological polar surface area (TPSA) is 357 Å². The summed E-state index contributed by atoms with van der Waals surface area (Å²) in [6.45, 7) is 109. The summed E-state index contributed by atoms with van der Waals surface area (Å²) in [7, 11) is -14.2. The first-order valence-electron chi connectivity index (χ1n) is 51.8. The predicted octanol–water partition coefficient (Wildman–Crippen LogP) is 19.1. The molecule has 137 heavy (non-hydrogen) atoms. The molecule has 0 fully saturated rings. The Kier molecular flexibility index (Phi) is 82.4. The van der Waals surface area contributed by atoms with Crippen LogP contribution in [0, 0.1) is 0 Å². The lowest BCUT2D eigenvalue weighted by Crippen LogP contribution is -2.60. The number of rotatable bonds is 61. The van der Waals surface area contributed by atoms with Crippen LogP contribution in [0.3, 0.4) is 0 Å². The molecule has 0 rings (SSSR count). The highest BCUT2D eigenvalue weighted by atomic mass is 28.5. The molecule has 0 atom stereocenters. The summed E-state index contributed by atoms with van der Waals surface area (Å²) in [5.74, 6) is 5.22. The maximum Gasteiger partial charge on any atom is 0.500 e. The molecule has 0 aromatic heterocycles. The van der Waals surface area contributed by atoms with E-state index in [1.807, 2.05) is 34.6 Å². The van der Waals surface area contributed by atoms with E-state index in [2.05, 4.69) is 368 Å². The van der Waals surface area contributed by atoms with Crippen LogP contribution in [0.1, 0.15) is 239 Å². The van der Waals surface area contributed by atoms with Gasteiger partial charge in [-0.05, 0) is 375 Å². The van der Waals surface area contributed by atoms with Gasteiger partial charge in [-0.25, -0.2) is 0 Å². The monoisotopic (exact) mass is 2140 g/mol. The number of guanidine groups is 6. The second-order valence-corrected chi connectivity index (χ2v) is 85.9. The molecule has 0 aliphatic heterocycles. The van der Waals surface area contributed by atoms with Crippen LogP contribution in [0.2, 0.25) is 154 Å². The van der Waals surface area contributed by atoms with Gasteiger partial charge in [0, 0.05) is 198 Å². The highest BCUT2D eigenvalue weighted by Gasteiger charge is 2.50. The van der Waals surface area contributed by atoms with E-state index in [1.54, 1.807) is 35.5 Å². The predicted molar refractivity (Wildman–Crippen MR) is 617 cm³/mol. The third kappa shape index (κ3) is 91.8. The molecular weight excluding hydrogens is 1920 g/mol. The van der Waals surface area contributed by atoms with Crippen molar-refractivity contribution in [3.63, 3.8) is 0 Å². The molecule has 0 aromatic rings. The molecule has 12 N–H and O–H groups in total. The van der Waals surface area contributed by atoms with Gasteiger partial charge in [0.05, 0.1) is 0 Å². The molecule has 0 aromatic carbocycles. The minimum absolute atomic E-state index is 0.342. The second kappa shape index (κ2) is 77.8. The van der Waals surface area contributed by atoms with Crippen LogP contribution in [0.4, 0.5) is 0 Å². The van der Waals surface area contributed by atoms with Gasteiger partial charge in [-0.3, -0.25) is 30.0 Å². The van der Waals surface area contributed by atoms with Crippen LogP contribution in [0.15, 0.2) is 30.0 Å². The lowest BCUT2D eigenvalue weighted by atomic mass is 10.4. The third-order valence-electron chi connectivity index (χ3n) is 17.2. The van der Waals surface area contributed by atoms with Gasteiger partial charge < -0.3 is 129 Å². The lowest BCUT2D eigenvalue weighted by Gasteiger charge is -2.42. The molecule has 0 unspecified atom stereocenters. The summed E-state index contributed by atoms with van der Waals surface area (Å²) in [4.78, 5) is 27.9. The van der Waals surface area contributed by atoms with Crippen molar-refractivity contribution in [2.24, 2.45) is 30.0 Å². The molecule has 0 radical (unpaired) electrons. The molecule has 0 amide bonds. The average molecular weight is 2150 g/mol. The van der Waals surface area contributed by atoms with Gasteiger partial charge in [0.15, 0.2) is 77.3 Å². The number of aliphatic imine (C=N–C) groups is 6.